The van der Waals surface area contributed by atoms with E-state index in [9.17, 15) is 4.39 Å². The zero-order valence-electron chi connectivity index (χ0n) is 10.7. The third-order valence-corrected chi connectivity index (χ3v) is 3.99. The monoisotopic (exact) mass is 235 g/mol. The predicted molar refractivity (Wildman–Crippen MR) is 69.0 cm³/mol. The molecule has 0 saturated heterocycles. The summed E-state index contributed by atoms with van der Waals surface area (Å²) in [4.78, 5) is 0. The lowest BCUT2D eigenvalue weighted by molar-refractivity contribution is 0.192. The summed E-state index contributed by atoms with van der Waals surface area (Å²) in [6.45, 7) is 4.55. The van der Waals surface area contributed by atoms with E-state index >= 15 is 0 Å². The van der Waals surface area contributed by atoms with Crippen LogP contribution < -0.4 is 5.73 Å². The van der Waals surface area contributed by atoms with E-state index in [0.29, 0.717) is 23.3 Å². The molecule has 2 heteroatoms. The van der Waals surface area contributed by atoms with E-state index in [1.165, 1.54) is 12.5 Å². The van der Waals surface area contributed by atoms with Crippen LogP contribution in [0.4, 0.5) is 4.39 Å². The van der Waals surface area contributed by atoms with Crippen LogP contribution in [0.25, 0.3) is 0 Å². The molecule has 1 nitrogen and oxygen atoms in total. The van der Waals surface area contributed by atoms with Crippen molar-refractivity contribution in [3.05, 3.63) is 35.6 Å². The van der Waals surface area contributed by atoms with Crippen LogP contribution in [0.15, 0.2) is 24.3 Å². The van der Waals surface area contributed by atoms with Gasteiger partial charge in [-0.25, -0.2) is 4.39 Å². The first-order valence-electron chi connectivity index (χ1n) is 6.58. The topological polar surface area (TPSA) is 26.0 Å². The van der Waals surface area contributed by atoms with E-state index < -0.39 is 0 Å². The molecule has 1 aliphatic rings. The molecule has 2 N–H and O–H groups in total. The summed E-state index contributed by atoms with van der Waals surface area (Å²) >= 11 is 0. The Bertz CT molecular complexity index is 367. The molecule has 1 aromatic rings. The van der Waals surface area contributed by atoms with E-state index in [0.717, 1.165) is 12.8 Å². The number of halogens is 1. The van der Waals surface area contributed by atoms with Gasteiger partial charge in [0.05, 0.1) is 0 Å². The SMILES string of the molecule is CC1CC(C)CC(C(N)c2ccccc2F)C1. The number of benzene rings is 1. The second kappa shape index (κ2) is 5.18. The molecule has 0 heterocycles. The van der Waals surface area contributed by atoms with Gasteiger partial charge in [-0.1, -0.05) is 32.0 Å². The first-order chi connectivity index (χ1) is 8.08. The van der Waals surface area contributed by atoms with E-state index in [-0.39, 0.29) is 11.9 Å². The van der Waals surface area contributed by atoms with Gasteiger partial charge in [0.1, 0.15) is 5.82 Å². The first kappa shape index (κ1) is 12.6. The van der Waals surface area contributed by atoms with Crippen molar-refractivity contribution >= 4 is 0 Å². The van der Waals surface area contributed by atoms with Gasteiger partial charge in [0.2, 0.25) is 0 Å². The molecular weight excluding hydrogens is 213 g/mol. The Kier molecular flexibility index (Phi) is 3.82. The third kappa shape index (κ3) is 2.86. The van der Waals surface area contributed by atoms with Crippen LogP contribution in [-0.4, -0.2) is 0 Å². The fourth-order valence-electron chi connectivity index (χ4n) is 3.30. The molecule has 2 rings (SSSR count). The van der Waals surface area contributed by atoms with Gasteiger partial charge in [0.25, 0.3) is 0 Å². The van der Waals surface area contributed by atoms with Gasteiger partial charge in [-0.15, -0.1) is 0 Å². The Hall–Kier alpha value is -0.890. The molecule has 94 valence electrons. The summed E-state index contributed by atoms with van der Waals surface area (Å²) in [6, 6.07) is 6.77. The standard InChI is InChI=1S/C15H22FN/c1-10-7-11(2)9-12(8-10)15(17)13-5-3-4-6-14(13)16/h3-6,10-12,15H,7-9,17H2,1-2H3. The Morgan fingerprint density at radius 3 is 2.29 bits per heavy atom. The molecule has 3 atom stereocenters. The maximum absolute atomic E-state index is 13.7. The summed E-state index contributed by atoms with van der Waals surface area (Å²) in [5.41, 5.74) is 6.93. The summed E-state index contributed by atoms with van der Waals surface area (Å²) in [5, 5.41) is 0. The highest BCUT2D eigenvalue weighted by Crippen LogP contribution is 2.39. The molecule has 17 heavy (non-hydrogen) atoms. The Balaban J connectivity index is 2.14. The molecule has 0 aliphatic heterocycles. The van der Waals surface area contributed by atoms with Crippen molar-refractivity contribution in [1.82, 2.24) is 0 Å². The van der Waals surface area contributed by atoms with E-state index in [4.69, 9.17) is 5.73 Å². The highest BCUT2D eigenvalue weighted by atomic mass is 19.1. The van der Waals surface area contributed by atoms with Crippen LogP contribution in [0.5, 0.6) is 0 Å². The van der Waals surface area contributed by atoms with Crippen molar-refractivity contribution in [2.45, 2.75) is 39.2 Å². The molecular formula is C15H22FN. The fourth-order valence-corrected chi connectivity index (χ4v) is 3.30. The number of hydrogen-bond donors (Lipinski definition) is 1. The molecule has 3 unspecified atom stereocenters. The van der Waals surface area contributed by atoms with Crippen LogP contribution in [0, 0.1) is 23.6 Å². The number of rotatable bonds is 2. The molecule has 1 aromatic carbocycles. The Labute approximate surface area is 103 Å². The molecule has 0 amide bonds. The van der Waals surface area contributed by atoms with E-state index in [1.54, 1.807) is 6.07 Å². The van der Waals surface area contributed by atoms with Crippen LogP contribution in [0.1, 0.15) is 44.7 Å². The molecule has 1 saturated carbocycles. The third-order valence-electron chi connectivity index (χ3n) is 3.99. The smallest absolute Gasteiger partial charge is 0.127 e. The molecule has 1 fully saturated rings. The first-order valence-corrected chi connectivity index (χ1v) is 6.58. The highest BCUT2D eigenvalue weighted by Gasteiger charge is 2.29. The molecule has 0 bridgehead atoms. The number of hydrogen-bond acceptors (Lipinski definition) is 1. The van der Waals surface area contributed by atoms with Crippen molar-refractivity contribution in [2.24, 2.45) is 23.5 Å². The minimum Gasteiger partial charge on any atom is -0.324 e. The second-order valence-electron chi connectivity index (χ2n) is 5.72. The van der Waals surface area contributed by atoms with Gasteiger partial charge in [-0.3, -0.25) is 0 Å². The van der Waals surface area contributed by atoms with E-state index in [2.05, 4.69) is 13.8 Å². The lowest BCUT2D eigenvalue weighted by Gasteiger charge is -2.35. The predicted octanol–water partition coefficient (Wildman–Crippen LogP) is 3.90. The maximum atomic E-state index is 13.7. The zero-order valence-corrected chi connectivity index (χ0v) is 10.7. The molecule has 0 spiro atoms. The Morgan fingerprint density at radius 2 is 1.71 bits per heavy atom. The van der Waals surface area contributed by atoms with Crippen molar-refractivity contribution in [2.75, 3.05) is 0 Å². The van der Waals surface area contributed by atoms with Crippen molar-refractivity contribution in [3.8, 4) is 0 Å². The lowest BCUT2D eigenvalue weighted by atomic mass is 9.72. The quantitative estimate of drug-likeness (QED) is 0.826. The van der Waals surface area contributed by atoms with Gasteiger partial charge >= 0.3 is 0 Å². The zero-order chi connectivity index (χ0) is 12.4. The van der Waals surface area contributed by atoms with Gasteiger partial charge in [0, 0.05) is 11.6 Å². The van der Waals surface area contributed by atoms with Crippen molar-refractivity contribution < 1.29 is 4.39 Å². The molecule has 1 aliphatic carbocycles. The van der Waals surface area contributed by atoms with Gasteiger partial charge < -0.3 is 5.73 Å². The summed E-state index contributed by atoms with van der Waals surface area (Å²) in [5.74, 6) is 1.68. The molecule has 0 aromatic heterocycles. The van der Waals surface area contributed by atoms with Gasteiger partial charge in [-0.05, 0) is 43.1 Å². The summed E-state index contributed by atoms with van der Waals surface area (Å²) in [7, 11) is 0. The van der Waals surface area contributed by atoms with Crippen LogP contribution in [0.3, 0.4) is 0 Å². The highest BCUT2D eigenvalue weighted by molar-refractivity contribution is 5.21. The van der Waals surface area contributed by atoms with Gasteiger partial charge in [-0.2, -0.15) is 0 Å². The minimum atomic E-state index is -0.161. The fraction of sp³-hybridized carbons (Fsp3) is 0.600. The molecule has 0 radical (unpaired) electrons. The van der Waals surface area contributed by atoms with Crippen molar-refractivity contribution in [3.63, 3.8) is 0 Å². The van der Waals surface area contributed by atoms with Gasteiger partial charge in [0.15, 0.2) is 0 Å². The lowest BCUT2D eigenvalue weighted by Crippen LogP contribution is -2.29. The average molecular weight is 235 g/mol. The number of nitrogens with two attached hydrogens (primary N) is 1. The average Bonchev–Trinajstić information content (AvgIpc) is 2.27. The van der Waals surface area contributed by atoms with Crippen LogP contribution in [-0.2, 0) is 0 Å². The normalized spacial score (nSPS) is 31.2. The van der Waals surface area contributed by atoms with Crippen LogP contribution in [0.2, 0.25) is 0 Å². The minimum absolute atomic E-state index is 0.151. The summed E-state index contributed by atoms with van der Waals surface area (Å²) < 4.78 is 13.7. The maximum Gasteiger partial charge on any atom is 0.127 e. The second-order valence-corrected chi connectivity index (χ2v) is 5.72. The van der Waals surface area contributed by atoms with Crippen LogP contribution >= 0.6 is 0 Å². The summed E-state index contributed by atoms with van der Waals surface area (Å²) in [6.07, 6.45) is 3.53. The largest absolute Gasteiger partial charge is 0.324 e. The Morgan fingerprint density at radius 1 is 1.12 bits per heavy atom. The van der Waals surface area contributed by atoms with Crippen molar-refractivity contribution in [1.29, 1.82) is 0 Å². The van der Waals surface area contributed by atoms with E-state index in [1.807, 2.05) is 12.1 Å².